The first kappa shape index (κ1) is 13.1. The summed E-state index contributed by atoms with van der Waals surface area (Å²) < 4.78 is 7.05. The van der Waals surface area contributed by atoms with Crippen molar-refractivity contribution in [1.29, 1.82) is 0 Å². The summed E-state index contributed by atoms with van der Waals surface area (Å²) >= 11 is 0. The Hall–Kier alpha value is -0.910. The zero-order valence-electron chi connectivity index (χ0n) is 11.7. The maximum atomic E-state index is 5.08. The predicted octanol–water partition coefficient (Wildman–Crippen LogP) is 0.856. The molecule has 2 aliphatic rings. The van der Waals surface area contributed by atoms with Gasteiger partial charge in [0.2, 0.25) is 0 Å². The third-order valence-electron chi connectivity index (χ3n) is 4.22. The van der Waals surface area contributed by atoms with E-state index in [1.54, 1.807) is 7.11 Å². The molecule has 106 valence electrons. The van der Waals surface area contributed by atoms with E-state index in [9.17, 15) is 0 Å². The average Bonchev–Trinajstić information content (AvgIpc) is 2.97. The number of ether oxygens (including phenoxy) is 1. The molecule has 3 heterocycles. The highest BCUT2D eigenvalue weighted by Gasteiger charge is 2.29. The van der Waals surface area contributed by atoms with Crippen molar-refractivity contribution >= 4 is 0 Å². The lowest BCUT2D eigenvalue weighted by atomic mass is 10.1. The first-order valence-electron chi connectivity index (χ1n) is 7.32. The molecule has 0 radical (unpaired) electrons. The molecule has 2 unspecified atom stereocenters. The van der Waals surface area contributed by atoms with Crippen LogP contribution < -0.4 is 5.32 Å². The van der Waals surface area contributed by atoms with Crippen molar-refractivity contribution in [1.82, 2.24) is 20.0 Å². The van der Waals surface area contributed by atoms with Gasteiger partial charge in [0, 0.05) is 50.6 Å². The minimum absolute atomic E-state index is 0.705. The van der Waals surface area contributed by atoms with Crippen molar-refractivity contribution in [3.8, 4) is 0 Å². The Balaban J connectivity index is 1.54. The van der Waals surface area contributed by atoms with Gasteiger partial charge in [0.05, 0.1) is 19.3 Å². The summed E-state index contributed by atoms with van der Waals surface area (Å²) in [5.74, 6) is 0. The van der Waals surface area contributed by atoms with Crippen molar-refractivity contribution < 1.29 is 4.74 Å². The number of hydrogen-bond acceptors (Lipinski definition) is 4. The highest BCUT2D eigenvalue weighted by atomic mass is 16.5. The number of fused-ring (bicyclic) bond motifs is 2. The first-order valence-corrected chi connectivity index (χ1v) is 7.32. The number of nitrogens with zero attached hydrogens (tertiary/aromatic N) is 3. The molecule has 0 amide bonds. The van der Waals surface area contributed by atoms with Crippen molar-refractivity contribution in [2.75, 3.05) is 26.8 Å². The average molecular weight is 264 g/mol. The van der Waals surface area contributed by atoms with Crippen LogP contribution in [0.5, 0.6) is 0 Å². The quantitative estimate of drug-likeness (QED) is 0.856. The Labute approximate surface area is 114 Å². The van der Waals surface area contributed by atoms with Crippen LogP contribution in [0.2, 0.25) is 0 Å². The molecular weight excluding hydrogens is 240 g/mol. The molecule has 19 heavy (non-hydrogen) atoms. The minimum Gasteiger partial charge on any atom is -0.383 e. The van der Waals surface area contributed by atoms with Gasteiger partial charge in [-0.05, 0) is 19.3 Å². The van der Waals surface area contributed by atoms with E-state index >= 15 is 0 Å². The number of methoxy groups -OCH3 is 1. The topological polar surface area (TPSA) is 42.3 Å². The van der Waals surface area contributed by atoms with E-state index in [0.717, 1.165) is 25.7 Å². The summed E-state index contributed by atoms with van der Waals surface area (Å²) in [4.78, 5) is 2.56. The lowest BCUT2D eigenvalue weighted by Crippen LogP contribution is -2.34. The highest BCUT2D eigenvalue weighted by Crippen LogP contribution is 2.21. The third-order valence-corrected chi connectivity index (χ3v) is 4.22. The van der Waals surface area contributed by atoms with Gasteiger partial charge in [-0.25, -0.2) is 0 Å². The maximum Gasteiger partial charge on any atom is 0.0658 e. The fourth-order valence-electron chi connectivity index (χ4n) is 3.21. The summed E-state index contributed by atoms with van der Waals surface area (Å²) in [5.41, 5.74) is 1.31. The standard InChI is InChI=1S/C14H24N4O/c1-19-7-6-18-10-12(8-15-18)9-17-5-4-13-2-3-14(11-17)16-13/h8,10,13-14,16H,2-7,9,11H2,1H3. The monoisotopic (exact) mass is 264 g/mol. The van der Waals surface area contributed by atoms with Crippen LogP contribution in [0.25, 0.3) is 0 Å². The number of hydrogen-bond donors (Lipinski definition) is 1. The van der Waals surface area contributed by atoms with Crippen molar-refractivity contribution in [3.05, 3.63) is 18.0 Å². The molecular formula is C14H24N4O. The Kier molecular flexibility index (Phi) is 4.15. The van der Waals surface area contributed by atoms with E-state index in [1.807, 2.05) is 10.9 Å². The van der Waals surface area contributed by atoms with Crippen LogP contribution >= 0.6 is 0 Å². The highest BCUT2D eigenvalue weighted by molar-refractivity contribution is 5.04. The Morgan fingerprint density at radius 3 is 3.16 bits per heavy atom. The van der Waals surface area contributed by atoms with Crippen LogP contribution in [0, 0.1) is 0 Å². The lowest BCUT2D eigenvalue weighted by Gasteiger charge is -2.23. The Morgan fingerprint density at radius 2 is 2.26 bits per heavy atom. The summed E-state index contributed by atoms with van der Waals surface area (Å²) in [6.45, 7) is 4.97. The first-order chi connectivity index (χ1) is 9.33. The summed E-state index contributed by atoms with van der Waals surface area (Å²) in [6.07, 6.45) is 8.14. The molecule has 0 aromatic carbocycles. The molecule has 5 heteroatoms. The lowest BCUT2D eigenvalue weighted by molar-refractivity contribution is 0.183. The molecule has 2 fully saturated rings. The molecule has 1 aromatic rings. The zero-order valence-corrected chi connectivity index (χ0v) is 11.7. The normalized spacial score (nSPS) is 27.6. The number of nitrogens with one attached hydrogen (secondary N) is 1. The molecule has 5 nitrogen and oxygen atoms in total. The molecule has 0 spiro atoms. The van der Waals surface area contributed by atoms with Crippen LogP contribution in [0.15, 0.2) is 12.4 Å². The summed E-state index contributed by atoms with van der Waals surface area (Å²) in [7, 11) is 1.73. The molecule has 2 saturated heterocycles. The molecule has 1 aromatic heterocycles. The van der Waals surface area contributed by atoms with Gasteiger partial charge in [-0.2, -0.15) is 5.10 Å². The van der Waals surface area contributed by atoms with E-state index in [2.05, 4.69) is 21.5 Å². The smallest absolute Gasteiger partial charge is 0.0658 e. The van der Waals surface area contributed by atoms with Gasteiger partial charge in [0.15, 0.2) is 0 Å². The van der Waals surface area contributed by atoms with E-state index in [0.29, 0.717) is 6.04 Å². The van der Waals surface area contributed by atoms with Crippen LogP contribution in [0.1, 0.15) is 24.8 Å². The van der Waals surface area contributed by atoms with Crippen LogP contribution in [0.3, 0.4) is 0 Å². The van der Waals surface area contributed by atoms with Gasteiger partial charge in [0.25, 0.3) is 0 Å². The van der Waals surface area contributed by atoms with E-state index in [1.165, 1.54) is 37.9 Å². The largest absolute Gasteiger partial charge is 0.383 e. The molecule has 2 atom stereocenters. The van der Waals surface area contributed by atoms with E-state index in [-0.39, 0.29) is 0 Å². The molecule has 0 aliphatic carbocycles. The fourth-order valence-corrected chi connectivity index (χ4v) is 3.21. The van der Waals surface area contributed by atoms with Gasteiger partial charge in [-0.3, -0.25) is 9.58 Å². The van der Waals surface area contributed by atoms with Crippen molar-refractivity contribution in [3.63, 3.8) is 0 Å². The van der Waals surface area contributed by atoms with Crippen LogP contribution in [0.4, 0.5) is 0 Å². The molecule has 3 rings (SSSR count). The number of likely N-dealkylation sites (tertiary alicyclic amines) is 1. The van der Waals surface area contributed by atoms with Crippen LogP contribution in [-0.2, 0) is 17.8 Å². The van der Waals surface area contributed by atoms with Gasteiger partial charge < -0.3 is 10.1 Å². The maximum absolute atomic E-state index is 5.08. The van der Waals surface area contributed by atoms with E-state index < -0.39 is 0 Å². The van der Waals surface area contributed by atoms with Gasteiger partial charge in [-0.15, -0.1) is 0 Å². The Bertz CT molecular complexity index is 406. The van der Waals surface area contributed by atoms with Gasteiger partial charge >= 0.3 is 0 Å². The second-order valence-corrected chi connectivity index (χ2v) is 5.77. The van der Waals surface area contributed by atoms with Crippen molar-refractivity contribution in [2.24, 2.45) is 0 Å². The fraction of sp³-hybridized carbons (Fsp3) is 0.786. The summed E-state index contributed by atoms with van der Waals surface area (Å²) in [6, 6.07) is 1.47. The van der Waals surface area contributed by atoms with Crippen LogP contribution in [-0.4, -0.2) is 53.6 Å². The molecule has 0 saturated carbocycles. The van der Waals surface area contributed by atoms with Gasteiger partial charge in [0.1, 0.15) is 0 Å². The summed E-state index contributed by atoms with van der Waals surface area (Å²) in [5, 5.41) is 8.11. The van der Waals surface area contributed by atoms with Gasteiger partial charge in [-0.1, -0.05) is 0 Å². The predicted molar refractivity (Wildman–Crippen MR) is 73.9 cm³/mol. The molecule has 2 aliphatic heterocycles. The molecule has 2 bridgehead atoms. The number of rotatable bonds is 5. The molecule has 1 N–H and O–H groups in total. The zero-order chi connectivity index (χ0) is 13.1. The SMILES string of the molecule is COCCn1cc(CN2CCC3CCC(C2)N3)cn1. The third kappa shape index (κ3) is 3.35. The van der Waals surface area contributed by atoms with E-state index in [4.69, 9.17) is 4.74 Å². The second-order valence-electron chi connectivity index (χ2n) is 5.77. The number of aromatic nitrogens is 2. The van der Waals surface area contributed by atoms with Crippen molar-refractivity contribution in [2.45, 2.75) is 44.4 Å². The minimum atomic E-state index is 0.705. The second kappa shape index (κ2) is 6.03. The Morgan fingerprint density at radius 1 is 1.37 bits per heavy atom.